The predicted octanol–water partition coefficient (Wildman–Crippen LogP) is 3.89. The molecule has 0 aromatic heterocycles. The molecule has 1 rings (SSSR count). The number of hydrogen-bond donors (Lipinski definition) is 1. The highest BCUT2D eigenvalue weighted by Gasteiger charge is 2.15. The first kappa shape index (κ1) is 12.3. The van der Waals surface area contributed by atoms with Gasteiger partial charge in [0.15, 0.2) is 0 Å². The van der Waals surface area contributed by atoms with Crippen LogP contribution in [0.15, 0.2) is 41.4 Å². The van der Waals surface area contributed by atoms with Gasteiger partial charge in [-0.15, -0.1) is 0 Å². The van der Waals surface area contributed by atoms with Crippen LogP contribution in [0.1, 0.15) is 31.9 Å². The van der Waals surface area contributed by atoms with Crippen LogP contribution in [0.25, 0.3) is 0 Å². The topological polar surface area (TPSA) is 20.2 Å². The van der Waals surface area contributed by atoms with Crippen molar-refractivity contribution < 1.29 is 5.11 Å². The number of halogens is 1. The Morgan fingerprint density at radius 1 is 1.40 bits per heavy atom. The van der Waals surface area contributed by atoms with Crippen LogP contribution >= 0.6 is 11.6 Å². The van der Waals surface area contributed by atoms with Gasteiger partial charge in [0.1, 0.15) is 0 Å². The van der Waals surface area contributed by atoms with Crippen LogP contribution in [0.5, 0.6) is 0 Å². The third kappa shape index (κ3) is 3.69. The smallest absolute Gasteiger partial charge is 0.0818 e. The zero-order valence-electron chi connectivity index (χ0n) is 9.15. The molecule has 1 aromatic carbocycles. The van der Waals surface area contributed by atoms with Crippen molar-refractivity contribution in [1.82, 2.24) is 0 Å². The number of allylic oxidation sites excluding steroid dienone is 1. The summed E-state index contributed by atoms with van der Waals surface area (Å²) in [5.41, 5.74) is 3.64. The van der Waals surface area contributed by atoms with Crippen molar-refractivity contribution in [2.24, 2.45) is 5.92 Å². The molecule has 0 spiro atoms. The van der Waals surface area contributed by atoms with Gasteiger partial charge >= 0.3 is 0 Å². The molecule has 1 N–H and O–H groups in total. The Kier molecular flexibility index (Phi) is 4.86. The van der Waals surface area contributed by atoms with Gasteiger partial charge in [-0.1, -0.05) is 54.4 Å². The molecular weight excluding hydrogens is 208 g/mol. The maximum Gasteiger partial charge on any atom is 0.0818 e. The quantitative estimate of drug-likeness (QED) is 0.823. The summed E-state index contributed by atoms with van der Waals surface area (Å²) in [7, 11) is 0. The number of rotatable bonds is 4. The van der Waals surface area contributed by atoms with Gasteiger partial charge in [-0.05, 0) is 24.8 Å². The standard InChI is InChI=1S/C13H17ClO/c1-10(9-14)8-11(2)13(15)12-6-4-3-5-7-12/h3-7,9,11,13,15H,8H2,1-2H3/b10-9+. The van der Waals surface area contributed by atoms with Gasteiger partial charge in [0.05, 0.1) is 6.10 Å². The van der Waals surface area contributed by atoms with Gasteiger partial charge < -0.3 is 5.11 Å². The third-order valence-electron chi connectivity index (χ3n) is 2.51. The number of hydrogen-bond acceptors (Lipinski definition) is 1. The minimum Gasteiger partial charge on any atom is -0.388 e. The lowest BCUT2D eigenvalue weighted by molar-refractivity contribution is 0.117. The van der Waals surface area contributed by atoms with Crippen molar-refractivity contribution in [3.8, 4) is 0 Å². The van der Waals surface area contributed by atoms with E-state index in [4.69, 9.17) is 11.6 Å². The molecule has 2 heteroatoms. The second kappa shape index (κ2) is 5.94. The maximum absolute atomic E-state index is 10.1. The van der Waals surface area contributed by atoms with Crippen LogP contribution < -0.4 is 0 Å². The van der Waals surface area contributed by atoms with E-state index in [2.05, 4.69) is 0 Å². The van der Waals surface area contributed by atoms with Gasteiger partial charge in [-0.2, -0.15) is 0 Å². The summed E-state index contributed by atoms with van der Waals surface area (Å²) in [6.45, 7) is 4.00. The van der Waals surface area contributed by atoms with Crippen LogP contribution in [0.3, 0.4) is 0 Å². The van der Waals surface area contributed by atoms with Crippen molar-refractivity contribution in [2.45, 2.75) is 26.4 Å². The van der Waals surface area contributed by atoms with Gasteiger partial charge in [0, 0.05) is 5.54 Å². The van der Waals surface area contributed by atoms with E-state index in [-0.39, 0.29) is 5.92 Å². The fraction of sp³-hybridized carbons (Fsp3) is 0.385. The van der Waals surface area contributed by atoms with E-state index in [9.17, 15) is 5.11 Å². The molecule has 0 aliphatic carbocycles. The highest BCUT2D eigenvalue weighted by Crippen LogP contribution is 2.26. The molecule has 0 heterocycles. The monoisotopic (exact) mass is 224 g/mol. The minimum atomic E-state index is -0.419. The van der Waals surface area contributed by atoms with E-state index in [1.807, 2.05) is 44.2 Å². The average Bonchev–Trinajstić information content (AvgIpc) is 2.29. The lowest BCUT2D eigenvalue weighted by Crippen LogP contribution is -2.09. The molecule has 0 saturated heterocycles. The summed E-state index contributed by atoms with van der Waals surface area (Å²) >= 11 is 5.60. The molecule has 0 saturated carbocycles. The maximum atomic E-state index is 10.1. The van der Waals surface area contributed by atoms with Gasteiger partial charge in [0.2, 0.25) is 0 Å². The second-order valence-corrected chi connectivity index (χ2v) is 4.21. The Labute approximate surface area is 96.4 Å². The van der Waals surface area contributed by atoms with Gasteiger partial charge in [-0.3, -0.25) is 0 Å². The molecule has 0 bridgehead atoms. The summed E-state index contributed by atoms with van der Waals surface area (Å²) in [5, 5.41) is 10.1. The van der Waals surface area contributed by atoms with E-state index >= 15 is 0 Å². The van der Waals surface area contributed by atoms with Crippen molar-refractivity contribution in [3.63, 3.8) is 0 Å². The summed E-state index contributed by atoms with van der Waals surface area (Å²) in [5.74, 6) is 0.183. The second-order valence-electron chi connectivity index (χ2n) is 3.99. The zero-order chi connectivity index (χ0) is 11.3. The summed E-state index contributed by atoms with van der Waals surface area (Å²) in [6.07, 6.45) is 0.400. The van der Waals surface area contributed by atoms with E-state index in [1.54, 1.807) is 5.54 Å². The first-order valence-corrected chi connectivity index (χ1v) is 5.57. The number of benzene rings is 1. The summed E-state index contributed by atoms with van der Waals surface area (Å²) in [6, 6.07) is 9.72. The molecule has 0 fully saturated rings. The molecule has 1 aromatic rings. The van der Waals surface area contributed by atoms with Gasteiger partial charge in [-0.25, -0.2) is 0 Å². The number of aliphatic hydroxyl groups excluding tert-OH is 1. The minimum absolute atomic E-state index is 0.183. The zero-order valence-corrected chi connectivity index (χ0v) is 9.91. The lowest BCUT2D eigenvalue weighted by Gasteiger charge is -2.19. The normalized spacial score (nSPS) is 16.1. The fourth-order valence-corrected chi connectivity index (χ4v) is 1.73. The van der Waals surface area contributed by atoms with Crippen LogP contribution in [-0.4, -0.2) is 5.11 Å². The lowest BCUT2D eigenvalue weighted by atomic mass is 9.92. The Bertz CT molecular complexity index is 319. The van der Waals surface area contributed by atoms with E-state index in [0.717, 1.165) is 17.6 Å². The Hall–Kier alpha value is -0.790. The average molecular weight is 225 g/mol. The SMILES string of the molecule is C/C(=C\Cl)CC(C)C(O)c1ccccc1. The van der Waals surface area contributed by atoms with E-state index in [1.165, 1.54) is 0 Å². The summed E-state index contributed by atoms with van der Waals surface area (Å²) in [4.78, 5) is 0. The molecule has 0 aliphatic rings. The van der Waals surface area contributed by atoms with Crippen LogP contribution in [-0.2, 0) is 0 Å². The Balaban J connectivity index is 2.65. The largest absolute Gasteiger partial charge is 0.388 e. The number of aliphatic hydroxyl groups is 1. The molecule has 2 atom stereocenters. The molecule has 82 valence electrons. The van der Waals surface area contributed by atoms with Crippen LogP contribution in [0.2, 0.25) is 0 Å². The first-order valence-electron chi connectivity index (χ1n) is 5.14. The van der Waals surface area contributed by atoms with Crippen molar-refractivity contribution in [1.29, 1.82) is 0 Å². The van der Waals surface area contributed by atoms with Crippen LogP contribution in [0.4, 0.5) is 0 Å². The molecule has 0 aliphatic heterocycles. The van der Waals surface area contributed by atoms with Crippen molar-refractivity contribution in [2.75, 3.05) is 0 Å². The van der Waals surface area contributed by atoms with Gasteiger partial charge in [0.25, 0.3) is 0 Å². The van der Waals surface area contributed by atoms with E-state index in [0.29, 0.717) is 0 Å². The Morgan fingerprint density at radius 3 is 2.53 bits per heavy atom. The summed E-state index contributed by atoms with van der Waals surface area (Å²) < 4.78 is 0. The van der Waals surface area contributed by atoms with Crippen molar-refractivity contribution in [3.05, 3.63) is 47.0 Å². The molecule has 0 amide bonds. The highest BCUT2D eigenvalue weighted by molar-refractivity contribution is 6.25. The Morgan fingerprint density at radius 2 is 2.00 bits per heavy atom. The fourth-order valence-electron chi connectivity index (χ4n) is 1.64. The van der Waals surface area contributed by atoms with Crippen molar-refractivity contribution >= 4 is 11.6 Å². The molecule has 0 radical (unpaired) electrons. The predicted molar refractivity (Wildman–Crippen MR) is 64.8 cm³/mol. The molecule has 1 nitrogen and oxygen atoms in total. The molecule has 15 heavy (non-hydrogen) atoms. The van der Waals surface area contributed by atoms with E-state index < -0.39 is 6.10 Å². The molecular formula is C13H17ClO. The highest BCUT2D eigenvalue weighted by atomic mass is 35.5. The van der Waals surface area contributed by atoms with Crippen LogP contribution in [0, 0.1) is 5.92 Å². The molecule has 2 unspecified atom stereocenters. The first-order chi connectivity index (χ1) is 7.15. The third-order valence-corrected chi connectivity index (χ3v) is 2.88.